The lowest BCUT2D eigenvalue weighted by molar-refractivity contribution is -0.139. The van der Waals surface area contributed by atoms with E-state index in [-0.39, 0.29) is 34.8 Å². The summed E-state index contributed by atoms with van der Waals surface area (Å²) in [5, 5.41) is 3.11. The third-order valence-electron chi connectivity index (χ3n) is 4.18. The third-order valence-corrected chi connectivity index (χ3v) is 4.18. The van der Waals surface area contributed by atoms with Crippen molar-refractivity contribution >= 4 is 28.8 Å². The molecule has 0 aromatic rings. The van der Waals surface area contributed by atoms with Crippen LogP contribution in [0.4, 0.5) is 0 Å². The van der Waals surface area contributed by atoms with Crippen LogP contribution in [0.15, 0.2) is 0 Å². The molecule has 2 rings (SSSR count). The Morgan fingerprint density at radius 3 is 2.40 bits per heavy atom. The molecule has 1 saturated carbocycles. The number of nitrogens with one attached hydrogen (secondary N) is 1. The van der Waals surface area contributed by atoms with Crippen LogP contribution in [0.5, 0.6) is 0 Å². The van der Waals surface area contributed by atoms with E-state index in [4.69, 9.17) is 5.73 Å². The van der Waals surface area contributed by atoms with Crippen molar-refractivity contribution in [2.75, 3.05) is 6.54 Å². The van der Waals surface area contributed by atoms with Crippen LogP contribution in [0.3, 0.4) is 0 Å². The van der Waals surface area contributed by atoms with Crippen molar-refractivity contribution in [3.63, 3.8) is 0 Å². The van der Waals surface area contributed by atoms with Crippen molar-refractivity contribution in [3.8, 4) is 0 Å². The molecule has 5 nitrogen and oxygen atoms in total. The predicted octanol–water partition coefficient (Wildman–Crippen LogP) is 1.35. The fourth-order valence-electron chi connectivity index (χ4n) is 3.11. The van der Waals surface area contributed by atoms with Crippen molar-refractivity contribution in [3.05, 3.63) is 0 Å². The smallest absolute Gasteiger partial charge is 0.243 e. The summed E-state index contributed by atoms with van der Waals surface area (Å²) in [6.07, 6.45) is 7.44. The average molecular weight is 348 g/mol. The molecule has 0 spiro atoms. The van der Waals surface area contributed by atoms with Gasteiger partial charge in [0.15, 0.2) is 0 Å². The molecular formula is C14H26BrN3O2. The van der Waals surface area contributed by atoms with E-state index in [0.717, 1.165) is 25.7 Å². The van der Waals surface area contributed by atoms with Gasteiger partial charge >= 0.3 is 0 Å². The zero-order valence-electron chi connectivity index (χ0n) is 12.1. The predicted molar refractivity (Wildman–Crippen MR) is 83.7 cm³/mol. The highest BCUT2D eigenvalue weighted by Gasteiger charge is 2.35. The van der Waals surface area contributed by atoms with Crippen molar-refractivity contribution in [1.29, 1.82) is 0 Å². The number of nitrogens with two attached hydrogens (primary N) is 1. The minimum absolute atomic E-state index is 0. The van der Waals surface area contributed by atoms with E-state index in [1.54, 1.807) is 11.8 Å². The van der Waals surface area contributed by atoms with Crippen molar-refractivity contribution < 1.29 is 9.59 Å². The molecule has 0 bridgehead atoms. The first-order valence-electron chi connectivity index (χ1n) is 7.46. The number of carbonyl (C=O) groups excluding carboxylic acids is 2. The van der Waals surface area contributed by atoms with Gasteiger partial charge in [-0.05, 0) is 32.6 Å². The van der Waals surface area contributed by atoms with Gasteiger partial charge in [0, 0.05) is 12.6 Å². The van der Waals surface area contributed by atoms with Crippen LogP contribution in [-0.2, 0) is 9.59 Å². The molecule has 1 saturated heterocycles. The maximum atomic E-state index is 12.3. The van der Waals surface area contributed by atoms with E-state index in [9.17, 15) is 9.59 Å². The largest absolute Gasteiger partial charge is 0.352 e. The van der Waals surface area contributed by atoms with Gasteiger partial charge in [0.05, 0.1) is 6.04 Å². The highest BCUT2D eigenvalue weighted by molar-refractivity contribution is 8.93. The first kappa shape index (κ1) is 17.4. The molecule has 1 aliphatic carbocycles. The van der Waals surface area contributed by atoms with Crippen LogP contribution in [-0.4, -0.2) is 41.4 Å². The topological polar surface area (TPSA) is 75.4 Å². The van der Waals surface area contributed by atoms with E-state index < -0.39 is 6.04 Å². The number of carbonyl (C=O) groups is 2. The van der Waals surface area contributed by atoms with Crippen LogP contribution in [0.1, 0.15) is 51.9 Å². The molecule has 2 aliphatic rings. The van der Waals surface area contributed by atoms with Gasteiger partial charge in [-0.15, -0.1) is 17.0 Å². The Kier molecular flexibility index (Phi) is 6.95. The second-order valence-corrected chi connectivity index (χ2v) is 5.82. The SMILES string of the molecule is Br.C[C@H](N)C(=O)N1CCC[C@H]1C(=O)NC1CCCCC1. The van der Waals surface area contributed by atoms with Crippen molar-refractivity contribution in [2.45, 2.75) is 70.0 Å². The summed E-state index contributed by atoms with van der Waals surface area (Å²) in [4.78, 5) is 25.9. The first-order chi connectivity index (χ1) is 9.09. The maximum absolute atomic E-state index is 12.3. The fourth-order valence-corrected chi connectivity index (χ4v) is 3.11. The fraction of sp³-hybridized carbons (Fsp3) is 0.857. The zero-order chi connectivity index (χ0) is 13.8. The van der Waals surface area contributed by atoms with Gasteiger partial charge in [-0.3, -0.25) is 9.59 Å². The molecule has 0 unspecified atom stereocenters. The Labute approximate surface area is 131 Å². The van der Waals surface area contributed by atoms with Gasteiger partial charge < -0.3 is 16.0 Å². The van der Waals surface area contributed by atoms with Crippen LogP contribution in [0.2, 0.25) is 0 Å². The highest BCUT2D eigenvalue weighted by Crippen LogP contribution is 2.21. The summed E-state index contributed by atoms with van der Waals surface area (Å²) in [5.74, 6) is -0.0975. The standard InChI is InChI=1S/C14H25N3O2.BrH/c1-10(15)14(19)17-9-5-8-12(17)13(18)16-11-6-3-2-4-7-11;/h10-12H,2-9,15H2,1H3,(H,16,18);1H/t10-,12-;/m0./s1. The molecule has 0 aromatic heterocycles. The van der Waals surface area contributed by atoms with Crippen molar-refractivity contribution in [2.24, 2.45) is 5.73 Å². The third kappa shape index (κ3) is 4.19. The average Bonchev–Trinajstić information content (AvgIpc) is 2.88. The first-order valence-corrected chi connectivity index (χ1v) is 7.46. The lowest BCUT2D eigenvalue weighted by Gasteiger charge is -2.29. The van der Waals surface area contributed by atoms with E-state index in [2.05, 4.69) is 5.32 Å². The van der Waals surface area contributed by atoms with Gasteiger partial charge in [-0.25, -0.2) is 0 Å². The van der Waals surface area contributed by atoms with E-state index >= 15 is 0 Å². The number of hydrogen-bond donors (Lipinski definition) is 2. The van der Waals surface area contributed by atoms with Gasteiger partial charge in [-0.1, -0.05) is 19.3 Å². The van der Waals surface area contributed by atoms with Crippen molar-refractivity contribution in [1.82, 2.24) is 10.2 Å². The molecule has 1 heterocycles. The number of likely N-dealkylation sites (tertiary alicyclic amines) is 1. The Bertz CT molecular complexity index is 343. The second kappa shape index (κ2) is 7.98. The van der Waals surface area contributed by atoms with Crippen LogP contribution < -0.4 is 11.1 Å². The van der Waals surface area contributed by atoms with E-state index in [0.29, 0.717) is 12.6 Å². The highest BCUT2D eigenvalue weighted by atomic mass is 79.9. The molecule has 6 heteroatoms. The molecule has 3 N–H and O–H groups in total. The maximum Gasteiger partial charge on any atom is 0.243 e. The number of nitrogens with zero attached hydrogens (tertiary/aromatic N) is 1. The monoisotopic (exact) mass is 347 g/mol. The second-order valence-electron chi connectivity index (χ2n) is 5.82. The Morgan fingerprint density at radius 2 is 1.80 bits per heavy atom. The number of rotatable bonds is 3. The van der Waals surface area contributed by atoms with Gasteiger partial charge in [0.2, 0.25) is 11.8 Å². The minimum atomic E-state index is -0.525. The van der Waals surface area contributed by atoms with E-state index in [1.165, 1.54) is 19.3 Å². The zero-order valence-corrected chi connectivity index (χ0v) is 13.9. The summed E-state index contributed by atoms with van der Waals surface area (Å²) < 4.78 is 0. The summed E-state index contributed by atoms with van der Waals surface area (Å²) >= 11 is 0. The molecule has 2 fully saturated rings. The van der Waals surface area contributed by atoms with Crippen LogP contribution in [0.25, 0.3) is 0 Å². The molecule has 0 aromatic carbocycles. The lowest BCUT2D eigenvalue weighted by Crippen LogP contribution is -2.52. The Morgan fingerprint density at radius 1 is 1.15 bits per heavy atom. The quantitative estimate of drug-likeness (QED) is 0.809. The molecule has 1 aliphatic heterocycles. The molecule has 0 radical (unpaired) electrons. The Hall–Kier alpha value is -0.620. The van der Waals surface area contributed by atoms with Gasteiger partial charge in [0.25, 0.3) is 0 Å². The number of amides is 2. The molecule has 116 valence electrons. The number of halogens is 1. The Balaban J connectivity index is 0.00000200. The normalized spacial score (nSPS) is 24.9. The molecule has 2 atom stereocenters. The molecule has 20 heavy (non-hydrogen) atoms. The number of hydrogen-bond acceptors (Lipinski definition) is 3. The summed E-state index contributed by atoms with van der Waals surface area (Å²) in [5.41, 5.74) is 5.64. The van der Waals surface area contributed by atoms with Crippen LogP contribution in [0, 0.1) is 0 Å². The summed E-state index contributed by atoms with van der Waals surface area (Å²) in [6.45, 7) is 2.33. The van der Waals surface area contributed by atoms with Gasteiger partial charge in [0.1, 0.15) is 6.04 Å². The van der Waals surface area contributed by atoms with Crippen LogP contribution >= 0.6 is 17.0 Å². The summed E-state index contributed by atoms with van der Waals surface area (Å²) in [7, 11) is 0. The summed E-state index contributed by atoms with van der Waals surface area (Å²) in [6, 6.07) is -0.530. The molecular weight excluding hydrogens is 322 g/mol. The van der Waals surface area contributed by atoms with E-state index in [1.807, 2.05) is 0 Å². The molecule has 2 amide bonds. The minimum Gasteiger partial charge on any atom is -0.352 e. The van der Waals surface area contributed by atoms with Gasteiger partial charge in [-0.2, -0.15) is 0 Å². The lowest BCUT2D eigenvalue weighted by atomic mass is 9.95.